The lowest BCUT2D eigenvalue weighted by atomic mass is 10.2. The standard InChI is InChI=1S/C20H22N4O2S/c1-26-16-8-6-14(7-9-16)18-13-27-19(22-18)12-21-20(25)17-10-11-24(23-17)15-4-2-3-5-15/h6-11,13,15H,2-5,12H2,1H3,(H,21,25). The second kappa shape index (κ2) is 7.92. The SMILES string of the molecule is COc1ccc(-c2csc(CNC(=O)c3ccn(C4CCCC4)n3)n2)cc1. The molecular formula is C20H22N4O2S. The highest BCUT2D eigenvalue weighted by atomic mass is 32.1. The molecule has 0 bridgehead atoms. The molecule has 0 spiro atoms. The zero-order chi connectivity index (χ0) is 18.6. The number of ether oxygens (including phenoxy) is 1. The van der Waals surface area contributed by atoms with Gasteiger partial charge in [0.1, 0.15) is 16.5 Å². The van der Waals surface area contributed by atoms with Crippen LogP contribution in [0.15, 0.2) is 41.9 Å². The van der Waals surface area contributed by atoms with E-state index in [2.05, 4.69) is 15.4 Å². The molecular weight excluding hydrogens is 360 g/mol. The highest BCUT2D eigenvalue weighted by Gasteiger charge is 2.19. The third-order valence-electron chi connectivity index (χ3n) is 4.88. The number of nitrogens with zero attached hydrogens (tertiary/aromatic N) is 3. The summed E-state index contributed by atoms with van der Waals surface area (Å²) in [4.78, 5) is 17.0. The van der Waals surface area contributed by atoms with Crippen LogP contribution in [-0.4, -0.2) is 27.8 Å². The maximum atomic E-state index is 12.4. The maximum absolute atomic E-state index is 12.4. The van der Waals surface area contributed by atoms with Crippen molar-refractivity contribution in [3.05, 3.63) is 52.6 Å². The second-order valence-corrected chi connectivity index (χ2v) is 7.60. The van der Waals surface area contributed by atoms with Gasteiger partial charge in [0.2, 0.25) is 0 Å². The van der Waals surface area contributed by atoms with Gasteiger partial charge in [0.05, 0.1) is 25.4 Å². The molecule has 1 fully saturated rings. The first-order chi connectivity index (χ1) is 13.2. The third-order valence-corrected chi connectivity index (χ3v) is 5.73. The summed E-state index contributed by atoms with van der Waals surface area (Å²) in [6.45, 7) is 0.399. The van der Waals surface area contributed by atoms with Crippen LogP contribution in [-0.2, 0) is 6.54 Å². The average molecular weight is 382 g/mol. The number of carbonyl (C=O) groups is 1. The van der Waals surface area contributed by atoms with Crippen LogP contribution in [0.2, 0.25) is 0 Å². The van der Waals surface area contributed by atoms with Crippen molar-refractivity contribution in [2.45, 2.75) is 38.3 Å². The minimum atomic E-state index is -0.159. The largest absolute Gasteiger partial charge is 0.497 e. The van der Waals surface area contributed by atoms with Crippen molar-refractivity contribution in [1.29, 1.82) is 0 Å². The van der Waals surface area contributed by atoms with Gasteiger partial charge in [0, 0.05) is 17.1 Å². The van der Waals surface area contributed by atoms with Gasteiger partial charge in [-0.3, -0.25) is 9.48 Å². The number of amides is 1. The van der Waals surface area contributed by atoms with Gasteiger partial charge in [-0.25, -0.2) is 4.98 Å². The molecule has 6 nitrogen and oxygen atoms in total. The van der Waals surface area contributed by atoms with E-state index < -0.39 is 0 Å². The number of nitrogens with one attached hydrogen (secondary N) is 1. The van der Waals surface area contributed by atoms with Crippen molar-refractivity contribution in [1.82, 2.24) is 20.1 Å². The van der Waals surface area contributed by atoms with Crippen molar-refractivity contribution in [3.63, 3.8) is 0 Å². The van der Waals surface area contributed by atoms with E-state index in [0.717, 1.165) is 34.9 Å². The Labute approximate surface area is 162 Å². The minimum Gasteiger partial charge on any atom is -0.497 e. The number of thiazole rings is 1. The smallest absolute Gasteiger partial charge is 0.272 e. The highest BCUT2D eigenvalue weighted by Crippen LogP contribution is 2.28. The van der Waals surface area contributed by atoms with Gasteiger partial charge in [-0.2, -0.15) is 5.10 Å². The van der Waals surface area contributed by atoms with Crippen molar-refractivity contribution < 1.29 is 9.53 Å². The van der Waals surface area contributed by atoms with E-state index in [-0.39, 0.29) is 5.91 Å². The van der Waals surface area contributed by atoms with E-state index in [1.54, 1.807) is 13.2 Å². The number of carbonyl (C=O) groups excluding carboxylic acids is 1. The van der Waals surface area contributed by atoms with Crippen molar-refractivity contribution in [2.75, 3.05) is 7.11 Å². The van der Waals surface area contributed by atoms with Crippen molar-refractivity contribution >= 4 is 17.2 Å². The Hall–Kier alpha value is -2.67. The molecule has 1 aliphatic rings. The van der Waals surface area contributed by atoms with Gasteiger partial charge in [0.25, 0.3) is 5.91 Å². The van der Waals surface area contributed by atoms with E-state index in [9.17, 15) is 4.79 Å². The lowest BCUT2D eigenvalue weighted by molar-refractivity contribution is 0.0944. The molecule has 0 atom stereocenters. The molecule has 140 valence electrons. The zero-order valence-corrected chi connectivity index (χ0v) is 16.0. The summed E-state index contributed by atoms with van der Waals surface area (Å²) in [5, 5.41) is 10.2. The molecule has 1 aromatic carbocycles. The summed E-state index contributed by atoms with van der Waals surface area (Å²) in [5.74, 6) is 0.659. The monoisotopic (exact) mass is 382 g/mol. The van der Waals surface area contributed by atoms with Crippen LogP contribution in [0.25, 0.3) is 11.3 Å². The Morgan fingerprint density at radius 2 is 2.04 bits per heavy atom. The summed E-state index contributed by atoms with van der Waals surface area (Å²) in [5.41, 5.74) is 2.39. The molecule has 0 saturated heterocycles. The molecule has 1 aliphatic carbocycles. The van der Waals surface area contributed by atoms with Gasteiger partial charge in [-0.05, 0) is 43.2 Å². The number of benzene rings is 1. The van der Waals surface area contributed by atoms with Gasteiger partial charge in [0.15, 0.2) is 0 Å². The fraction of sp³-hybridized carbons (Fsp3) is 0.350. The summed E-state index contributed by atoms with van der Waals surface area (Å²) >= 11 is 1.53. The third kappa shape index (κ3) is 4.03. The Morgan fingerprint density at radius 3 is 2.78 bits per heavy atom. The highest BCUT2D eigenvalue weighted by molar-refractivity contribution is 7.09. The molecule has 1 amide bonds. The van der Waals surface area contributed by atoms with Gasteiger partial charge >= 0.3 is 0 Å². The molecule has 0 radical (unpaired) electrons. The molecule has 0 aliphatic heterocycles. The first kappa shape index (κ1) is 17.7. The summed E-state index contributed by atoms with van der Waals surface area (Å²) in [7, 11) is 1.65. The van der Waals surface area contributed by atoms with E-state index in [0.29, 0.717) is 18.3 Å². The molecule has 1 N–H and O–H groups in total. The van der Waals surface area contributed by atoms with E-state index in [1.165, 1.54) is 24.2 Å². The molecule has 4 rings (SSSR count). The number of aromatic nitrogens is 3. The summed E-state index contributed by atoms with van der Waals surface area (Å²) in [6, 6.07) is 10.0. The van der Waals surface area contributed by atoms with E-state index >= 15 is 0 Å². The fourth-order valence-electron chi connectivity index (χ4n) is 3.36. The Bertz CT molecular complexity index is 910. The molecule has 2 aromatic heterocycles. The normalized spacial score (nSPS) is 14.4. The fourth-order valence-corrected chi connectivity index (χ4v) is 4.11. The van der Waals surface area contributed by atoms with Crippen molar-refractivity contribution in [2.24, 2.45) is 0 Å². The van der Waals surface area contributed by atoms with Crippen LogP contribution in [0.4, 0.5) is 0 Å². The number of methoxy groups -OCH3 is 1. The lowest BCUT2D eigenvalue weighted by Gasteiger charge is -2.08. The van der Waals surface area contributed by atoms with Gasteiger partial charge < -0.3 is 10.1 Å². The first-order valence-corrected chi connectivity index (χ1v) is 10.0. The van der Waals surface area contributed by atoms with E-state index in [1.807, 2.05) is 40.5 Å². The lowest BCUT2D eigenvalue weighted by Crippen LogP contribution is -2.23. The molecule has 7 heteroatoms. The van der Waals surface area contributed by atoms with Crippen molar-refractivity contribution in [3.8, 4) is 17.0 Å². The summed E-state index contributed by atoms with van der Waals surface area (Å²) in [6.07, 6.45) is 6.70. The Balaban J connectivity index is 1.36. The first-order valence-electron chi connectivity index (χ1n) is 9.15. The predicted octanol–water partition coefficient (Wildman–Crippen LogP) is 4.06. The van der Waals surface area contributed by atoms with Gasteiger partial charge in [-0.15, -0.1) is 11.3 Å². The molecule has 27 heavy (non-hydrogen) atoms. The maximum Gasteiger partial charge on any atom is 0.272 e. The number of hydrogen-bond donors (Lipinski definition) is 1. The van der Waals surface area contributed by atoms with Crippen LogP contribution < -0.4 is 10.1 Å². The van der Waals surface area contributed by atoms with Crippen LogP contribution in [0.5, 0.6) is 5.75 Å². The van der Waals surface area contributed by atoms with Crippen LogP contribution in [0, 0.1) is 0 Å². The van der Waals surface area contributed by atoms with Crippen LogP contribution in [0.1, 0.15) is 47.2 Å². The Kier molecular flexibility index (Phi) is 5.20. The second-order valence-electron chi connectivity index (χ2n) is 6.66. The Morgan fingerprint density at radius 1 is 1.26 bits per heavy atom. The quantitative estimate of drug-likeness (QED) is 0.698. The van der Waals surface area contributed by atoms with Crippen LogP contribution >= 0.6 is 11.3 Å². The molecule has 3 aromatic rings. The van der Waals surface area contributed by atoms with Gasteiger partial charge in [-0.1, -0.05) is 12.8 Å². The number of rotatable bonds is 6. The topological polar surface area (TPSA) is 69.0 Å². The average Bonchev–Trinajstić information content (AvgIpc) is 3.47. The summed E-state index contributed by atoms with van der Waals surface area (Å²) < 4.78 is 7.12. The number of hydrogen-bond acceptors (Lipinski definition) is 5. The molecule has 1 saturated carbocycles. The van der Waals surface area contributed by atoms with E-state index in [4.69, 9.17) is 4.74 Å². The predicted molar refractivity (Wildman–Crippen MR) is 105 cm³/mol. The molecule has 2 heterocycles. The molecule has 0 unspecified atom stereocenters. The zero-order valence-electron chi connectivity index (χ0n) is 15.2. The minimum absolute atomic E-state index is 0.159. The van der Waals surface area contributed by atoms with Crippen LogP contribution in [0.3, 0.4) is 0 Å².